The van der Waals surface area contributed by atoms with Crippen molar-refractivity contribution in [2.45, 2.75) is 142 Å². The van der Waals surface area contributed by atoms with Crippen molar-refractivity contribution in [3.63, 3.8) is 0 Å². The van der Waals surface area contributed by atoms with E-state index >= 15 is 0 Å². The average molecular weight is 630 g/mol. The molecule has 0 aliphatic heterocycles. The van der Waals surface area contributed by atoms with Crippen molar-refractivity contribution in [2.75, 3.05) is 52.0 Å². The number of phosphoric ester groups is 1. The van der Waals surface area contributed by atoms with Gasteiger partial charge in [0.2, 0.25) is 0 Å². The predicted octanol–water partition coefficient (Wildman–Crippen LogP) is 7.57. The number of aromatic nitrogens is 1. The van der Waals surface area contributed by atoms with Crippen LogP contribution < -0.4 is 14.4 Å². The molecule has 1 aromatic rings. The molecule has 0 saturated carbocycles. The van der Waals surface area contributed by atoms with E-state index in [9.17, 15) is 9.79 Å². The zero-order valence-electron chi connectivity index (χ0n) is 28.2. The minimum absolute atomic E-state index is 0.0217. The summed E-state index contributed by atoms with van der Waals surface area (Å²) in [5, 5.41) is 0. The lowest BCUT2D eigenvalue weighted by Crippen LogP contribution is -2.32. The monoisotopic (exact) mass is 629 g/mol. The normalized spacial score (nSPS) is 13.7. The van der Waals surface area contributed by atoms with Crippen LogP contribution in [-0.4, -0.2) is 58.1 Å². The van der Waals surface area contributed by atoms with Crippen LogP contribution in [0.15, 0.2) is 24.5 Å². The molecule has 8 nitrogen and oxygen atoms in total. The summed E-state index contributed by atoms with van der Waals surface area (Å²) in [4.78, 5) is 24.5. The highest BCUT2D eigenvalue weighted by atomic mass is 31.2. The standard InChI is InChI=1S/C34H65N2O6P/c1-5-7-8-9-10-11-12-13-14-15-16-17-18-21-29-39-31-34(40-28-6-2)32-42-43(37,38)41-30-22-19-20-25-36-26-23-33(24-27-36)35(3)4/h23-24,26-27,34H,5-22,25,28-32H2,1-4H3/p+1/t34-/m1/s1. The SMILES string of the molecule is CCCCCCCCCCCCCCCCOC[C@H](CO[P+]([O-])(O)OCCCCC[n+]1ccc(N(C)C)cc1)OCCC. The number of hydrogen-bond acceptors (Lipinski definition) is 7. The van der Waals surface area contributed by atoms with Gasteiger partial charge >= 0.3 is 8.17 Å². The highest BCUT2D eigenvalue weighted by molar-refractivity contribution is 7.52. The van der Waals surface area contributed by atoms with Crippen LogP contribution in [0.25, 0.3) is 0 Å². The van der Waals surface area contributed by atoms with Gasteiger partial charge in [-0.3, -0.25) is 0 Å². The Balaban J connectivity index is 2.05. The smallest absolute Gasteiger partial charge is 0.376 e. The van der Waals surface area contributed by atoms with Crippen molar-refractivity contribution in [3.8, 4) is 0 Å². The number of phosphoric acid groups is 1. The molecule has 1 aromatic heterocycles. The van der Waals surface area contributed by atoms with E-state index in [0.717, 1.165) is 32.2 Å². The summed E-state index contributed by atoms with van der Waals surface area (Å²) in [6.45, 7) is 6.96. The maximum absolute atomic E-state index is 12.4. The van der Waals surface area contributed by atoms with Crippen molar-refractivity contribution < 1.29 is 32.9 Å². The molecule has 0 aromatic carbocycles. The number of anilines is 1. The molecule has 0 saturated heterocycles. The number of nitrogens with zero attached hydrogens (tertiary/aromatic N) is 2. The van der Waals surface area contributed by atoms with Gasteiger partial charge in [0.05, 0.1) is 13.2 Å². The van der Waals surface area contributed by atoms with Gasteiger partial charge in [-0.05, 0) is 25.7 Å². The van der Waals surface area contributed by atoms with Crippen LogP contribution in [0.2, 0.25) is 0 Å². The van der Waals surface area contributed by atoms with Gasteiger partial charge in [-0.15, -0.1) is 0 Å². The molecule has 1 heterocycles. The molecule has 0 spiro atoms. The van der Waals surface area contributed by atoms with Crippen molar-refractivity contribution in [3.05, 3.63) is 24.5 Å². The number of unbranched alkanes of at least 4 members (excludes halogenated alkanes) is 15. The molecule has 9 heteroatoms. The van der Waals surface area contributed by atoms with E-state index < -0.39 is 8.17 Å². The summed E-state index contributed by atoms with van der Waals surface area (Å²) in [5.41, 5.74) is 1.17. The van der Waals surface area contributed by atoms with Crippen molar-refractivity contribution >= 4 is 13.9 Å². The Labute approximate surface area is 265 Å². The van der Waals surface area contributed by atoms with Gasteiger partial charge in [-0.1, -0.05) is 97.3 Å². The molecule has 0 bridgehead atoms. The number of aryl methyl sites for hydroxylation is 1. The summed E-state index contributed by atoms with van der Waals surface area (Å²) < 4.78 is 24.2. The third-order valence-electron chi connectivity index (χ3n) is 7.63. The lowest BCUT2D eigenvalue weighted by atomic mass is 10.0. The van der Waals surface area contributed by atoms with Crippen LogP contribution >= 0.6 is 8.17 Å². The van der Waals surface area contributed by atoms with Crippen LogP contribution in [0.4, 0.5) is 5.69 Å². The second-order valence-corrected chi connectivity index (χ2v) is 13.5. The molecule has 2 atom stereocenters. The Morgan fingerprint density at radius 3 is 1.79 bits per heavy atom. The quantitative estimate of drug-likeness (QED) is 0.0515. The maximum Gasteiger partial charge on any atom is 0.376 e. The van der Waals surface area contributed by atoms with E-state index in [1.54, 1.807) is 0 Å². The Hall–Kier alpha value is -0.860. The Morgan fingerprint density at radius 1 is 0.698 bits per heavy atom. The Bertz CT molecular complexity index is 738. The van der Waals surface area contributed by atoms with E-state index in [0.29, 0.717) is 26.2 Å². The second-order valence-electron chi connectivity index (χ2n) is 12.0. The van der Waals surface area contributed by atoms with E-state index in [4.69, 9.17) is 18.5 Å². The molecule has 43 heavy (non-hydrogen) atoms. The zero-order chi connectivity index (χ0) is 31.4. The first-order valence-corrected chi connectivity index (χ1v) is 18.8. The molecule has 1 rings (SSSR count). The van der Waals surface area contributed by atoms with Gasteiger partial charge in [0, 0.05) is 51.6 Å². The van der Waals surface area contributed by atoms with Crippen LogP contribution in [0.1, 0.15) is 129 Å². The van der Waals surface area contributed by atoms with Gasteiger partial charge in [0.1, 0.15) is 19.3 Å². The number of pyridine rings is 1. The van der Waals surface area contributed by atoms with Crippen molar-refractivity contribution in [1.82, 2.24) is 0 Å². The molecule has 1 N–H and O–H groups in total. The molecule has 252 valence electrons. The average Bonchev–Trinajstić information content (AvgIpc) is 2.99. The Morgan fingerprint density at radius 2 is 1.23 bits per heavy atom. The fourth-order valence-corrected chi connectivity index (χ4v) is 5.70. The van der Waals surface area contributed by atoms with E-state index in [2.05, 4.69) is 40.9 Å². The van der Waals surface area contributed by atoms with E-state index in [1.807, 2.05) is 21.0 Å². The molecular weight excluding hydrogens is 563 g/mol. The van der Waals surface area contributed by atoms with E-state index in [-0.39, 0.29) is 19.3 Å². The lowest BCUT2D eigenvalue weighted by Gasteiger charge is -2.23. The minimum Gasteiger partial charge on any atom is -0.606 e. The fourth-order valence-electron chi connectivity index (χ4n) is 4.91. The molecule has 0 fully saturated rings. The zero-order valence-corrected chi connectivity index (χ0v) is 29.1. The molecule has 0 radical (unpaired) electrons. The molecule has 0 aliphatic rings. The molecule has 0 aliphatic carbocycles. The Kier molecular flexibility index (Phi) is 25.6. The van der Waals surface area contributed by atoms with Crippen LogP contribution in [0.5, 0.6) is 0 Å². The first-order valence-electron chi connectivity index (χ1n) is 17.4. The predicted molar refractivity (Wildman–Crippen MR) is 177 cm³/mol. The summed E-state index contributed by atoms with van der Waals surface area (Å²) in [6.07, 6.45) is 25.8. The highest BCUT2D eigenvalue weighted by Crippen LogP contribution is 2.47. The largest absolute Gasteiger partial charge is 0.606 e. The highest BCUT2D eigenvalue weighted by Gasteiger charge is 2.29. The number of hydrogen-bond donors (Lipinski definition) is 1. The maximum atomic E-state index is 12.4. The molecule has 0 amide bonds. The minimum atomic E-state index is -4.12. The van der Waals surface area contributed by atoms with Crippen LogP contribution in [-0.2, 0) is 25.1 Å². The van der Waals surface area contributed by atoms with Crippen molar-refractivity contribution in [2.24, 2.45) is 0 Å². The van der Waals surface area contributed by atoms with Gasteiger partial charge in [-0.2, -0.15) is 13.9 Å². The summed E-state index contributed by atoms with van der Waals surface area (Å²) in [7, 11) is -0.0714. The summed E-state index contributed by atoms with van der Waals surface area (Å²) in [5.74, 6) is 0. The number of rotatable bonds is 31. The van der Waals surface area contributed by atoms with Gasteiger partial charge in [0.15, 0.2) is 12.4 Å². The first-order chi connectivity index (χ1) is 20.9. The first kappa shape index (κ1) is 40.2. The lowest BCUT2D eigenvalue weighted by molar-refractivity contribution is -0.697. The van der Waals surface area contributed by atoms with Crippen molar-refractivity contribution in [1.29, 1.82) is 0 Å². The van der Waals surface area contributed by atoms with Crippen LogP contribution in [0, 0.1) is 0 Å². The van der Waals surface area contributed by atoms with E-state index in [1.165, 1.54) is 89.2 Å². The third-order valence-corrected chi connectivity index (χ3v) is 8.62. The fraction of sp³-hybridized carbons (Fsp3) is 0.853. The summed E-state index contributed by atoms with van der Waals surface area (Å²) in [6, 6.07) is 4.18. The van der Waals surface area contributed by atoms with Gasteiger partial charge < -0.3 is 19.3 Å². The molecule has 1 unspecified atom stereocenters. The van der Waals surface area contributed by atoms with Gasteiger partial charge in [0.25, 0.3) is 0 Å². The third kappa shape index (κ3) is 24.1. The van der Waals surface area contributed by atoms with Gasteiger partial charge in [-0.25, -0.2) is 4.57 Å². The van der Waals surface area contributed by atoms with Crippen LogP contribution in [0.3, 0.4) is 0 Å². The second kappa shape index (κ2) is 27.5. The molecular formula is C34H66N2O6P+. The topological polar surface area (TPSA) is 87.3 Å². The summed E-state index contributed by atoms with van der Waals surface area (Å²) >= 11 is 0. The number of ether oxygens (including phenoxy) is 2.